The molecule has 0 saturated heterocycles. The number of fused-ring (bicyclic) bond motifs is 1. The molecule has 2 rings (SSSR count). The van der Waals surface area contributed by atoms with Crippen molar-refractivity contribution >= 4 is 39.8 Å². The van der Waals surface area contributed by atoms with Crippen LogP contribution in [0.5, 0.6) is 0 Å². The second-order valence-electron chi connectivity index (χ2n) is 3.53. The first-order valence-electron chi connectivity index (χ1n) is 5.06. The fraction of sp³-hybridized carbons (Fsp3) is 0.300. The molecule has 8 heteroatoms. The van der Waals surface area contributed by atoms with Gasteiger partial charge in [0, 0.05) is 24.7 Å². The zero-order valence-electron chi connectivity index (χ0n) is 9.74. The highest BCUT2D eigenvalue weighted by molar-refractivity contribution is 7.99. The SMILES string of the molecule is CS(=O)(=O)NCCSc1cccc2nccn12.Cl. The van der Waals surface area contributed by atoms with Crippen LogP contribution in [-0.4, -0.2) is 36.4 Å². The molecule has 0 aliphatic carbocycles. The average molecular weight is 308 g/mol. The number of hydrogen-bond acceptors (Lipinski definition) is 4. The van der Waals surface area contributed by atoms with Crippen molar-refractivity contribution < 1.29 is 8.42 Å². The number of imidazole rings is 1. The van der Waals surface area contributed by atoms with Crippen LogP contribution in [0.1, 0.15) is 0 Å². The zero-order chi connectivity index (χ0) is 12.3. The first-order valence-corrected chi connectivity index (χ1v) is 7.93. The Labute approximate surface area is 116 Å². The molecule has 0 aromatic carbocycles. The van der Waals surface area contributed by atoms with Gasteiger partial charge in [0.25, 0.3) is 0 Å². The number of sulfonamides is 1. The first-order chi connectivity index (χ1) is 8.06. The Morgan fingerprint density at radius 3 is 2.94 bits per heavy atom. The molecule has 1 N–H and O–H groups in total. The van der Waals surface area contributed by atoms with E-state index in [9.17, 15) is 8.42 Å². The summed E-state index contributed by atoms with van der Waals surface area (Å²) in [7, 11) is -3.09. The zero-order valence-corrected chi connectivity index (χ0v) is 12.2. The molecular weight excluding hydrogens is 294 g/mol. The monoisotopic (exact) mass is 307 g/mol. The van der Waals surface area contributed by atoms with Gasteiger partial charge in [-0.15, -0.1) is 24.2 Å². The molecule has 2 aromatic rings. The minimum atomic E-state index is -3.09. The highest BCUT2D eigenvalue weighted by atomic mass is 35.5. The molecular formula is C10H14ClN3O2S2. The molecule has 0 radical (unpaired) electrons. The van der Waals surface area contributed by atoms with E-state index in [0.29, 0.717) is 12.3 Å². The second-order valence-corrected chi connectivity index (χ2v) is 6.48. The van der Waals surface area contributed by atoms with Crippen LogP contribution in [0.25, 0.3) is 5.65 Å². The third-order valence-electron chi connectivity index (χ3n) is 2.11. The normalized spacial score (nSPS) is 11.4. The van der Waals surface area contributed by atoms with Crippen LogP contribution in [-0.2, 0) is 10.0 Å². The van der Waals surface area contributed by atoms with Gasteiger partial charge in [0.2, 0.25) is 10.0 Å². The van der Waals surface area contributed by atoms with Crippen molar-refractivity contribution in [3.05, 3.63) is 30.6 Å². The van der Waals surface area contributed by atoms with E-state index < -0.39 is 10.0 Å². The van der Waals surface area contributed by atoms with Gasteiger partial charge in [0.15, 0.2) is 0 Å². The topological polar surface area (TPSA) is 63.5 Å². The summed E-state index contributed by atoms with van der Waals surface area (Å²) in [6, 6.07) is 5.85. The van der Waals surface area contributed by atoms with E-state index in [4.69, 9.17) is 0 Å². The van der Waals surface area contributed by atoms with Gasteiger partial charge in [-0.1, -0.05) is 6.07 Å². The Morgan fingerprint density at radius 1 is 1.44 bits per heavy atom. The molecule has 100 valence electrons. The lowest BCUT2D eigenvalue weighted by atomic mass is 10.5. The van der Waals surface area contributed by atoms with Crippen molar-refractivity contribution in [1.82, 2.24) is 14.1 Å². The summed E-state index contributed by atoms with van der Waals surface area (Å²) in [6.07, 6.45) is 4.80. The molecule has 2 aromatic heterocycles. The third kappa shape index (κ3) is 4.16. The fourth-order valence-electron chi connectivity index (χ4n) is 1.42. The molecule has 0 aliphatic rings. The predicted octanol–water partition coefficient (Wildman–Crippen LogP) is 1.40. The van der Waals surface area contributed by atoms with Crippen LogP contribution >= 0.6 is 24.2 Å². The van der Waals surface area contributed by atoms with Crippen LogP contribution in [0.15, 0.2) is 35.6 Å². The van der Waals surface area contributed by atoms with Crippen molar-refractivity contribution in [1.29, 1.82) is 0 Å². The summed E-state index contributed by atoms with van der Waals surface area (Å²) in [5.74, 6) is 0.685. The lowest BCUT2D eigenvalue weighted by Crippen LogP contribution is -2.24. The summed E-state index contributed by atoms with van der Waals surface area (Å²) < 4.78 is 26.2. The molecule has 2 heterocycles. The standard InChI is InChI=1S/C10H13N3O2S2.ClH/c1-17(14,15)12-6-8-16-10-4-2-3-9-11-5-7-13(9)10;/h2-5,7,12H,6,8H2,1H3;1H. The van der Waals surface area contributed by atoms with Crippen LogP contribution in [0.4, 0.5) is 0 Å². The van der Waals surface area contributed by atoms with Crippen molar-refractivity contribution in [2.75, 3.05) is 18.6 Å². The maximum Gasteiger partial charge on any atom is 0.208 e. The Bertz CT molecular complexity index is 612. The summed E-state index contributed by atoms with van der Waals surface area (Å²) in [5, 5.41) is 1.05. The van der Waals surface area contributed by atoms with Gasteiger partial charge in [-0.2, -0.15) is 0 Å². The Morgan fingerprint density at radius 2 is 2.22 bits per heavy atom. The number of halogens is 1. The largest absolute Gasteiger partial charge is 0.294 e. The van der Waals surface area contributed by atoms with Crippen molar-refractivity contribution in [2.24, 2.45) is 0 Å². The Balaban J connectivity index is 0.00000162. The maximum atomic E-state index is 10.9. The first kappa shape index (κ1) is 15.3. The number of thioether (sulfide) groups is 1. The smallest absolute Gasteiger partial charge is 0.208 e. The summed E-state index contributed by atoms with van der Waals surface area (Å²) in [6.45, 7) is 0.425. The van der Waals surface area contributed by atoms with Gasteiger partial charge < -0.3 is 0 Å². The van der Waals surface area contributed by atoms with Crippen LogP contribution in [0, 0.1) is 0 Å². The molecule has 0 aliphatic heterocycles. The van der Waals surface area contributed by atoms with E-state index in [2.05, 4.69) is 9.71 Å². The minimum Gasteiger partial charge on any atom is -0.294 e. The Hall–Kier alpha value is -0.760. The van der Waals surface area contributed by atoms with Crippen molar-refractivity contribution in [3.63, 3.8) is 0 Å². The molecule has 0 bridgehead atoms. The average Bonchev–Trinajstić information content (AvgIpc) is 2.71. The van der Waals surface area contributed by atoms with Crippen LogP contribution < -0.4 is 4.72 Å². The van der Waals surface area contributed by atoms with E-state index in [-0.39, 0.29) is 12.4 Å². The summed E-state index contributed by atoms with van der Waals surface area (Å²) in [5.41, 5.74) is 0.895. The summed E-state index contributed by atoms with van der Waals surface area (Å²) in [4.78, 5) is 4.18. The number of pyridine rings is 1. The van der Waals surface area contributed by atoms with E-state index in [1.54, 1.807) is 18.0 Å². The van der Waals surface area contributed by atoms with Crippen LogP contribution in [0.3, 0.4) is 0 Å². The van der Waals surface area contributed by atoms with Gasteiger partial charge in [-0.3, -0.25) is 4.40 Å². The lowest BCUT2D eigenvalue weighted by Gasteiger charge is -2.05. The number of nitrogens with zero attached hydrogens (tertiary/aromatic N) is 2. The predicted molar refractivity (Wildman–Crippen MR) is 76.0 cm³/mol. The second kappa shape index (κ2) is 6.42. The lowest BCUT2D eigenvalue weighted by molar-refractivity contribution is 0.590. The molecule has 0 fully saturated rings. The van der Waals surface area contributed by atoms with Crippen molar-refractivity contribution in [2.45, 2.75) is 5.03 Å². The highest BCUT2D eigenvalue weighted by Crippen LogP contribution is 2.18. The van der Waals surface area contributed by atoms with E-state index >= 15 is 0 Å². The molecule has 0 spiro atoms. The number of hydrogen-bond donors (Lipinski definition) is 1. The van der Waals surface area contributed by atoms with E-state index in [1.165, 1.54) is 0 Å². The number of aromatic nitrogens is 2. The third-order valence-corrected chi connectivity index (χ3v) is 3.87. The summed E-state index contributed by atoms with van der Waals surface area (Å²) >= 11 is 1.59. The number of nitrogens with one attached hydrogen (secondary N) is 1. The fourth-order valence-corrected chi connectivity index (χ4v) is 2.91. The van der Waals surface area contributed by atoms with Gasteiger partial charge in [-0.05, 0) is 12.1 Å². The molecule has 0 saturated carbocycles. The maximum absolute atomic E-state index is 10.9. The van der Waals surface area contributed by atoms with Gasteiger partial charge in [0.05, 0.1) is 11.3 Å². The highest BCUT2D eigenvalue weighted by Gasteiger charge is 2.02. The van der Waals surface area contributed by atoms with Crippen LogP contribution in [0.2, 0.25) is 0 Å². The van der Waals surface area contributed by atoms with E-state index in [0.717, 1.165) is 16.9 Å². The van der Waals surface area contributed by atoms with Gasteiger partial charge >= 0.3 is 0 Å². The van der Waals surface area contributed by atoms with Gasteiger partial charge in [-0.25, -0.2) is 18.1 Å². The van der Waals surface area contributed by atoms with E-state index in [1.807, 2.05) is 28.8 Å². The Kier molecular flexibility index (Phi) is 5.46. The molecule has 0 atom stereocenters. The molecule has 18 heavy (non-hydrogen) atoms. The molecule has 0 amide bonds. The van der Waals surface area contributed by atoms with Gasteiger partial charge in [0.1, 0.15) is 5.65 Å². The molecule has 0 unspecified atom stereocenters. The van der Waals surface area contributed by atoms with Crippen molar-refractivity contribution in [3.8, 4) is 0 Å². The quantitative estimate of drug-likeness (QED) is 0.670. The number of rotatable bonds is 5. The minimum absolute atomic E-state index is 0. The molecule has 5 nitrogen and oxygen atoms in total.